The van der Waals surface area contributed by atoms with Gasteiger partial charge >= 0.3 is 18.3 Å². The van der Waals surface area contributed by atoms with Crippen molar-refractivity contribution in [2.75, 3.05) is 11.9 Å². The topological polar surface area (TPSA) is 58.2 Å². The van der Waals surface area contributed by atoms with Crippen molar-refractivity contribution in [2.24, 2.45) is 0 Å². The summed E-state index contributed by atoms with van der Waals surface area (Å²) in [6.07, 6.45) is -3.39. The molecule has 0 spiro atoms. The highest BCUT2D eigenvalue weighted by atomic mass is 19.3. The molecule has 0 saturated carbocycles. The molecule has 0 saturated heterocycles. The summed E-state index contributed by atoms with van der Waals surface area (Å²) in [5, 5.41) is 4.22. The molecule has 0 fully saturated rings. The van der Waals surface area contributed by atoms with E-state index in [1.165, 1.54) is 18.2 Å². The van der Waals surface area contributed by atoms with Gasteiger partial charge in [-0.05, 0) is 24.6 Å². The van der Waals surface area contributed by atoms with Crippen LogP contribution in [0.15, 0.2) is 24.3 Å². The maximum absolute atomic E-state index is 12.8. The molecule has 8 heteroatoms. The number of benzene rings is 1. The van der Waals surface area contributed by atoms with Crippen molar-refractivity contribution in [3.8, 4) is 0 Å². The molecule has 0 aliphatic heterocycles. The van der Waals surface area contributed by atoms with Gasteiger partial charge < -0.3 is 10.6 Å². The third kappa shape index (κ3) is 4.44. The quantitative estimate of drug-likeness (QED) is 0.794. The smallest absolute Gasteiger partial charge is 0.352 e. The molecular weight excluding hydrogens is 292 g/mol. The zero-order chi connectivity index (χ0) is 16.0. The molecule has 21 heavy (non-hydrogen) atoms. The Morgan fingerprint density at radius 2 is 1.95 bits per heavy atom. The lowest BCUT2D eigenvalue weighted by molar-refractivity contribution is -0.163. The van der Waals surface area contributed by atoms with Crippen LogP contribution in [0.2, 0.25) is 0 Å². The summed E-state index contributed by atoms with van der Waals surface area (Å²) in [5.41, 5.74) is -0.0360. The Bertz CT molecular complexity index is 521. The van der Waals surface area contributed by atoms with E-state index in [9.17, 15) is 27.2 Å². The highest BCUT2D eigenvalue weighted by Gasteiger charge is 2.48. The van der Waals surface area contributed by atoms with Gasteiger partial charge in [-0.25, -0.2) is 8.78 Å². The molecule has 0 heterocycles. The SMILES string of the molecule is CCCNC(=O)c1cccc(NC(=O)C(F)(F)C(F)F)c1. The van der Waals surface area contributed by atoms with Crippen molar-refractivity contribution in [1.82, 2.24) is 5.32 Å². The highest BCUT2D eigenvalue weighted by Crippen LogP contribution is 2.24. The van der Waals surface area contributed by atoms with Crippen LogP contribution in [0.5, 0.6) is 0 Å². The van der Waals surface area contributed by atoms with Gasteiger partial charge in [0.05, 0.1) is 0 Å². The molecule has 1 aromatic carbocycles. The lowest BCUT2D eigenvalue weighted by atomic mass is 10.2. The van der Waals surface area contributed by atoms with Gasteiger partial charge in [0.15, 0.2) is 0 Å². The molecule has 1 aromatic rings. The number of hydrogen-bond acceptors (Lipinski definition) is 2. The molecule has 0 aliphatic carbocycles. The number of amides is 2. The van der Waals surface area contributed by atoms with E-state index in [-0.39, 0.29) is 11.3 Å². The Balaban J connectivity index is 2.82. The average molecular weight is 306 g/mol. The molecular formula is C13H14F4N2O2. The largest absolute Gasteiger partial charge is 0.383 e. The third-order valence-corrected chi connectivity index (χ3v) is 2.49. The minimum atomic E-state index is -4.79. The van der Waals surface area contributed by atoms with Gasteiger partial charge in [0, 0.05) is 17.8 Å². The Morgan fingerprint density at radius 1 is 1.29 bits per heavy atom. The molecule has 0 unspecified atom stereocenters. The first-order valence-corrected chi connectivity index (χ1v) is 6.14. The minimum absolute atomic E-state index is 0.126. The zero-order valence-corrected chi connectivity index (χ0v) is 11.1. The second-order valence-electron chi connectivity index (χ2n) is 4.21. The van der Waals surface area contributed by atoms with E-state index < -0.39 is 24.2 Å². The second-order valence-corrected chi connectivity index (χ2v) is 4.21. The van der Waals surface area contributed by atoms with Gasteiger partial charge in [-0.2, -0.15) is 8.78 Å². The number of rotatable bonds is 6. The first kappa shape index (κ1) is 16.9. The lowest BCUT2D eigenvalue weighted by Gasteiger charge is -2.15. The zero-order valence-electron chi connectivity index (χ0n) is 11.1. The summed E-state index contributed by atoms with van der Waals surface area (Å²) in [6, 6.07) is 5.10. The molecule has 0 radical (unpaired) electrons. The van der Waals surface area contributed by atoms with Crippen LogP contribution in [0.4, 0.5) is 23.2 Å². The number of halogens is 4. The number of carbonyl (C=O) groups is 2. The van der Waals surface area contributed by atoms with Crippen LogP contribution < -0.4 is 10.6 Å². The van der Waals surface area contributed by atoms with E-state index in [0.717, 1.165) is 6.07 Å². The molecule has 0 aliphatic rings. The van der Waals surface area contributed by atoms with Crippen molar-refractivity contribution in [1.29, 1.82) is 0 Å². The second kappa shape index (κ2) is 7.05. The van der Waals surface area contributed by atoms with E-state index >= 15 is 0 Å². The van der Waals surface area contributed by atoms with Crippen molar-refractivity contribution in [3.05, 3.63) is 29.8 Å². The fraction of sp³-hybridized carbons (Fsp3) is 0.385. The number of nitrogens with one attached hydrogen (secondary N) is 2. The molecule has 4 nitrogen and oxygen atoms in total. The van der Waals surface area contributed by atoms with Crippen LogP contribution in [0.25, 0.3) is 0 Å². The van der Waals surface area contributed by atoms with Crippen LogP contribution in [-0.4, -0.2) is 30.7 Å². The molecule has 0 aromatic heterocycles. The van der Waals surface area contributed by atoms with Gasteiger partial charge in [-0.15, -0.1) is 0 Å². The number of alkyl halides is 4. The highest BCUT2D eigenvalue weighted by molar-refractivity contribution is 5.99. The molecule has 2 amide bonds. The summed E-state index contributed by atoms with van der Waals surface area (Å²) in [7, 11) is 0. The summed E-state index contributed by atoms with van der Waals surface area (Å²) in [4.78, 5) is 22.7. The summed E-state index contributed by atoms with van der Waals surface area (Å²) < 4.78 is 49.7. The van der Waals surface area contributed by atoms with Gasteiger partial charge in [0.2, 0.25) is 0 Å². The minimum Gasteiger partial charge on any atom is -0.352 e. The van der Waals surface area contributed by atoms with Gasteiger partial charge in [0.25, 0.3) is 5.91 Å². The predicted octanol–water partition coefficient (Wildman–Crippen LogP) is 2.67. The van der Waals surface area contributed by atoms with Gasteiger partial charge in [0.1, 0.15) is 0 Å². The van der Waals surface area contributed by atoms with Gasteiger partial charge in [-0.1, -0.05) is 13.0 Å². The number of carbonyl (C=O) groups excluding carboxylic acids is 2. The van der Waals surface area contributed by atoms with Gasteiger partial charge in [-0.3, -0.25) is 9.59 Å². The Kier molecular flexibility index (Phi) is 5.69. The van der Waals surface area contributed by atoms with Crippen LogP contribution in [-0.2, 0) is 4.79 Å². The fourth-order valence-corrected chi connectivity index (χ4v) is 1.39. The molecule has 0 bridgehead atoms. The van der Waals surface area contributed by atoms with Crippen LogP contribution in [0.1, 0.15) is 23.7 Å². The first-order chi connectivity index (χ1) is 9.78. The van der Waals surface area contributed by atoms with E-state index in [1.807, 2.05) is 6.92 Å². The first-order valence-electron chi connectivity index (χ1n) is 6.14. The average Bonchev–Trinajstić information content (AvgIpc) is 2.44. The normalized spacial score (nSPS) is 11.3. The maximum atomic E-state index is 12.8. The Hall–Kier alpha value is -2.12. The molecule has 2 N–H and O–H groups in total. The Morgan fingerprint density at radius 3 is 2.52 bits per heavy atom. The van der Waals surface area contributed by atoms with Crippen molar-refractivity contribution >= 4 is 17.5 Å². The van der Waals surface area contributed by atoms with E-state index in [4.69, 9.17) is 0 Å². The molecule has 0 atom stereocenters. The maximum Gasteiger partial charge on any atom is 0.383 e. The van der Waals surface area contributed by atoms with E-state index in [1.54, 1.807) is 5.32 Å². The van der Waals surface area contributed by atoms with Crippen LogP contribution >= 0.6 is 0 Å². The summed E-state index contributed by atoms with van der Waals surface area (Å²) >= 11 is 0. The van der Waals surface area contributed by atoms with Crippen molar-refractivity contribution in [2.45, 2.75) is 25.7 Å². The summed E-state index contributed by atoms with van der Waals surface area (Å²) in [5.74, 6) is -7.36. The fourth-order valence-electron chi connectivity index (χ4n) is 1.39. The summed E-state index contributed by atoms with van der Waals surface area (Å²) in [6.45, 7) is 2.28. The van der Waals surface area contributed by atoms with Crippen molar-refractivity contribution < 1.29 is 27.2 Å². The third-order valence-electron chi connectivity index (χ3n) is 2.49. The number of hydrogen-bond donors (Lipinski definition) is 2. The predicted molar refractivity (Wildman–Crippen MR) is 68.6 cm³/mol. The van der Waals surface area contributed by atoms with Crippen LogP contribution in [0.3, 0.4) is 0 Å². The Labute approximate surface area is 118 Å². The monoisotopic (exact) mass is 306 g/mol. The molecule has 116 valence electrons. The molecule has 1 rings (SSSR count). The van der Waals surface area contributed by atoms with E-state index in [2.05, 4.69) is 5.32 Å². The van der Waals surface area contributed by atoms with Crippen molar-refractivity contribution in [3.63, 3.8) is 0 Å². The standard InChI is InChI=1S/C13H14F4N2O2/c1-2-6-18-10(20)8-4-3-5-9(7-8)19-12(21)13(16,17)11(14)15/h3-5,7,11H,2,6H2,1H3,(H,18,20)(H,19,21). The lowest BCUT2D eigenvalue weighted by Crippen LogP contribution is -2.41. The van der Waals surface area contributed by atoms with Crippen LogP contribution in [0, 0.1) is 0 Å². The van der Waals surface area contributed by atoms with E-state index in [0.29, 0.717) is 13.0 Å². The number of anilines is 1.